The maximum atomic E-state index is 13.6. The summed E-state index contributed by atoms with van der Waals surface area (Å²) in [6.45, 7) is 7.00. The number of benzene rings is 1. The fraction of sp³-hybridized carbons (Fsp3) is 0.545. The third-order valence-corrected chi connectivity index (χ3v) is 5.91. The molecule has 4 heteroatoms. The van der Waals surface area contributed by atoms with Gasteiger partial charge in [0.2, 0.25) is 0 Å². The van der Waals surface area contributed by atoms with E-state index in [0.29, 0.717) is 5.92 Å². The van der Waals surface area contributed by atoms with Gasteiger partial charge in [-0.15, -0.1) is 0 Å². The smallest absolute Gasteiger partial charge is 0.254 e. The topological polar surface area (TPSA) is 59.2 Å². The molecule has 2 heterocycles. The van der Waals surface area contributed by atoms with Crippen LogP contribution in [0, 0.1) is 13.8 Å². The second kappa shape index (κ2) is 6.66. The molecule has 2 atom stereocenters. The third kappa shape index (κ3) is 3.11. The van der Waals surface area contributed by atoms with E-state index in [1.54, 1.807) is 0 Å². The van der Waals surface area contributed by atoms with Crippen molar-refractivity contribution in [3.8, 4) is 0 Å². The summed E-state index contributed by atoms with van der Waals surface area (Å²) in [5.41, 5.74) is 11.4. The number of hydrogen-bond donors (Lipinski definition) is 1. The number of nitrogens with zero attached hydrogens (tertiary/aromatic N) is 2. The van der Waals surface area contributed by atoms with Crippen LogP contribution in [-0.4, -0.2) is 34.4 Å². The molecule has 1 saturated carbocycles. The van der Waals surface area contributed by atoms with Gasteiger partial charge in [0.15, 0.2) is 0 Å². The first-order valence-corrected chi connectivity index (χ1v) is 9.94. The van der Waals surface area contributed by atoms with Gasteiger partial charge in [-0.25, -0.2) is 0 Å². The Morgan fingerprint density at radius 2 is 1.96 bits per heavy atom. The van der Waals surface area contributed by atoms with Crippen LogP contribution in [0.2, 0.25) is 0 Å². The number of carbonyl (C=O) groups is 1. The van der Waals surface area contributed by atoms with Gasteiger partial charge in [-0.1, -0.05) is 11.6 Å². The molecule has 4 rings (SSSR count). The van der Waals surface area contributed by atoms with E-state index in [9.17, 15) is 4.79 Å². The Morgan fingerprint density at radius 1 is 1.19 bits per heavy atom. The number of carbonyl (C=O) groups excluding carboxylic acids is 1. The Hall–Kier alpha value is -1.94. The summed E-state index contributed by atoms with van der Waals surface area (Å²) in [5, 5.41) is 0.992. The predicted octanol–water partition coefficient (Wildman–Crippen LogP) is 4.07. The van der Waals surface area contributed by atoms with Crippen LogP contribution >= 0.6 is 0 Å². The van der Waals surface area contributed by atoms with Crippen molar-refractivity contribution in [1.29, 1.82) is 0 Å². The van der Waals surface area contributed by atoms with E-state index >= 15 is 0 Å². The highest BCUT2D eigenvalue weighted by Gasteiger charge is 2.32. The Labute approximate surface area is 155 Å². The van der Waals surface area contributed by atoms with E-state index in [4.69, 9.17) is 10.7 Å². The SMILES string of the molecule is Cc1cc(C)c2nc(C3CC3)cc(C(=O)N3CCCCC3C(C)N)c2c1. The van der Waals surface area contributed by atoms with Crippen molar-refractivity contribution in [3.63, 3.8) is 0 Å². The monoisotopic (exact) mass is 351 g/mol. The lowest BCUT2D eigenvalue weighted by Gasteiger charge is -2.38. The van der Waals surface area contributed by atoms with Crippen LogP contribution < -0.4 is 5.73 Å². The van der Waals surface area contributed by atoms with E-state index in [1.165, 1.54) is 18.4 Å². The van der Waals surface area contributed by atoms with Crippen LogP contribution in [0.15, 0.2) is 18.2 Å². The molecule has 4 nitrogen and oxygen atoms in total. The summed E-state index contributed by atoms with van der Waals surface area (Å²) in [7, 11) is 0. The van der Waals surface area contributed by atoms with E-state index in [2.05, 4.69) is 32.0 Å². The maximum Gasteiger partial charge on any atom is 0.254 e. The zero-order valence-electron chi connectivity index (χ0n) is 16.1. The lowest BCUT2D eigenvalue weighted by molar-refractivity contribution is 0.0585. The molecule has 1 saturated heterocycles. The summed E-state index contributed by atoms with van der Waals surface area (Å²) in [5.74, 6) is 0.656. The van der Waals surface area contributed by atoms with Gasteiger partial charge in [0.1, 0.15) is 0 Å². The highest BCUT2D eigenvalue weighted by Crippen LogP contribution is 2.41. The molecular formula is C22H29N3O. The molecule has 2 unspecified atom stereocenters. The number of amides is 1. The normalized spacial score (nSPS) is 21.8. The third-order valence-electron chi connectivity index (χ3n) is 5.91. The summed E-state index contributed by atoms with van der Waals surface area (Å²) in [4.78, 5) is 20.5. The van der Waals surface area contributed by atoms with Crippen LogP contribution in [0.3, 0.4) is 0 Å². The van der Waals surface area contributed by atoms with E-state index in [1.807, 2.05) is 11.8 Å². The first-order chi connectivity index (χ1) is 12.5. The Balaban J connectivity index is 1.84. The van der Waals surface area contributed by atoms with Gasteiger partial charge in [0.05, 0.1) is 11.1 Å². The summed E-state index contributed by atoms with van der Waals surface area (Å²) < 4.78 is 0. The Bertz CT molecular complexity index is 854. The minimum atomic E-state index is -0.00118. The summed E-state index contributed by atoms with van der Waals surface area (Å²) in [6, 6.07) is 6.47. The van der Waals surface area contributed by atoms with Crippen molar-refractivity contribution in [2.24, 2.45) is 5.73 Å². The number of likely N-dealkylation sites (tertiary alicyclic amines) is 1. The van der Waals surface area contributed by atoms with E-state index in [0.717, 1.165) is 53.5 Å². The van der Waals surface area contributed by atoms with Crippen molar-refractivity contribution < 1.29 is 4.79 Å². The van der Waals surface area contributed by atoms with Gasteiger partial charge in [-0.3, -0.25) is 9.78 Å². The zero-order valence-corrected chi connectivity index (χ0v) is 16.1. The minimum Gasteiger partial charge on any atom is -0.334 e. The highest BCUT2D eigenvalue weighted by molar-refractivity contribution is 6.07. The average molecular weight is 351 g/mol. The van der Waals surface area contributed by atoms with Crippen LogP contribution in [-0.2, 0) is 0 Å². The molecule has 0 radical (unpaired) electrons. The predicted molar refractivity (Wildman–Crippen MR) is 106 cm³/mol. The molecule has 138 valence electrons. The van der Waals surface area contributed by atoms with Gasteiger partial charge >= 0.3 is 0 Å². The average Bonchev–Trinajstić information content (AvgIpc) is 3.45. The van der Waals surface area contributed by atoms with Crippen molar-refractivity contribution in [1.82, 2.24) is 9.88 Å². The van der Waals surface area contributed by atoms with E-state index in [-0.39, 0.29) is 18.0 Å². The first kappa shape index (κ1) is 17.5. The fourth-order valence-electron chi connectivity index (χ4n) is 4.38. The molecule has 2 fully saturated rings. The Kier molecular flexibility index (Phi) is 4.47. The van der Waals surface area contributed by atoms with Crippen molar-refractivity contribution in [2.45, 2.75) is 70.9 Å². The maximum absolute atomic E-state index is 13.6. The van der Waals surface area contributed by atoms with Gasteiger partial charge in [0, 0.05) is 35.6 Å². The second-order valence-electron chi connectivity index (χ2n) is 8.27. The summed E-state index contributed by atoms with van der Waals surface area (Å²) in [6.07, 6.45) is 5.58. The number of nitrogens with two attached hydrogens (primary N) is 1. The number of aromatic nitrogens is 1. The number of fused-ring (bicyclic) bond motifs is 1. The van der Waals surface area contributed by atoms with Crippen molar-refractivity contribution >= 4 is 16.8 Å². The molecule has 1 aliphatic heterocycles. The first-order valence-electron chi connectivity index (χ1n) is 9.94. The second-order valence-corrected chi connectivity index (χ2v) is 8.27. The van der Waals surface area contributed by atoms with Crippen molar-refractivity contribution in [3.05, 3.63) is 40.6 Å². The fourth-order valence-corrected chi connectivity index (χ4v) is 4.38. The number of pyridine rings is 1. The molecule has 1 aliphatic carbocycles. The zero-order chi connectivity index (χ0) is 18.4. The quantitative estimate of drug-likeness (QED) is 0.907. The van der Waals surface area contributed by atoms with Gasteiger partial charge in [-0.2, -0.15) is 0 Å². The van der Waals surface area contributed by atoms with Crippen molar-refractivity contribution in [2.75, 3.05) is 6.54 Å². The molecule has 2 N–H and O–H groups in total. The number of hydrogen-bond acceptors (Lipinski definition) is 3. The van der Waals surface area contributed by atoms with Gasteiger partial charge < -0.3 is 10.6 Å². The molecule has 1 amide bonds. The van der Waals surface area contributed by atoms with Gasteiger partial charge in [0.25, 0.3) is 5.91 Å². The van der Waals surface area contributed by atoms with E-state index < -0.39 is 0 Å². The molecule has 1 aromatic carbocycles. The molecule has 26 heavy (non-hydrogen) atoms. The van der Waals surface area contributed by atoms with Crippen LogP contribution in [0.1, 0.15) is 72.1 Å². The van der Waals surface area contributed by atoms with Crippen LogP contribution in [0.4, 0.5) is 0 Å². The molecule has 0 bridgehead atoms. The number of rotatable bonds is 3. The lowest BCUT2D eigenvalue weighted by atomic mass is 9.94. The number of aryl methyl sites for hydroxylation is 2. The molecule has 2 aromatic rings. The molecule has 1 aromatic heterocycles. The molecular weight excluding hydrogens is 322 g/mol. The highest BCUT2D eigenvalue weighted by atomic mass is 16.2. The lowest BCUT2D eigenvalue weighted by Crippen LogP contribution is -2.51. The Morgan fingerprint density at radius 3 is 2.65 bits per heavy atom. The molecule has 0 spiro atoms. The van der Waals surface area contributed by atoms with Gasteiger partial charge in [-0.05, 0) is 70.6 Å². The van der Waals surface area contributed by atoms with Crippen LogP contribution in [0.25, 0.3) is 10.9 Å². The van der Waals surface area contributed by atoms with Crippen LogP contribution in [0.5, 0.6) is 0 Å². The number of piperidine rings is 1. The molecule has 2 aliphatic rings. The minimum absolute atomic E-state index is 0.00118. The standard InChI is InChI=1S/C22H29N3O/c1-13-10-14(2)21-17(11-13)18(12-19(24-21)16-7-8-16)22(26)25-9-5-4-6-20(25)15(3)23/h10-12,15-16,20H,4-9,23H2,1-3H3. The summed E-state index contributed by atoms with van der Waals surface area (Å²) >= 11 is 0. The largest absolute Gasteiger partial charge is 0.334 e.